The average Bonchev–Trinajstić information content (AvgIpc) is 2.67. The predicted molar refractivity (Wildman–Crippen MR) is 66.5 cm³/mol. The van der Waals surface area contributed by atoms with Crippen molar-refractivity contribution >= 4 is 17.4 Å². The molecule has 0 atom stereocenters. The van der Waals surface area contributed by atoms with E-state index < -0.39 is 5.60 Å². The lowest BCUT2D eigenvalue weighted by Crippen LogP contribution is -2.36. The van der Waals surface area contributed by atoms with Gasteiger partial charge in [-0.15, -0.1) is 0 Å². The average molecular weight is 258 g/mol. The number of hydrogen-bond acceptors (Lipinski definition) is 5. The normalized spacial score (nSPS) is 11.1. The molecular weight excluding hydrogens is 240 g/mol. The molecule has 96 valence electrons. The van der Waals surface area contributed by atoms with Crippen molar-refractivity contribution in [1.29, 1.82) is 0 Å². The molecule has 0 aliphatic heterocycles. The zero-order valence-electron chi connectivity index (χ0n) is 10.6. The first-order valence-electron chi connectivity index (χ1n) is 5.34. The molecule has 5 nitrogen and oxygen atoms in total. The molecule has 0 aromatic carbocycles. The summed E-state index contributed by atoms with van der Waals surface area (Å²) in [6, 6.07) is 0. The molecule has 0 aliphatic carbocycles. The van der Waals surface area contributed by atoms with Crippen LogP contribution < -0.4 is 4.74 Å². The van der Waals surface area contributed by atoms with Crippen molar-refractivity contribution in [2.75, 3.05) is 20.2 Å². The van der Waals surface area contributed by atoms with Crippen molar-refractivity contribution in [1.82, 2.24) is 9.88 Å². The van der Waals surface area contributed by atoms with Gasteiger partial charge in [-0.3, -0.25) is 0 Å². The maximum absolute atomic E-state index is 11.6. The molecule has 1 rings (SSSR count). The van der Waals surface area contributed by atoms with E-state index in [0.29, 0.717) is 13.2 Å². The lowest BCUT2D eigenvalue weighted by atomic mass is 10.2. The number of likely N-dealkylation sites (N-methyl/N-ethyl adjacent to an activating group) is 1. The van der Waals surface area contributed by atoms with Gasteiger partial charge in [0.05, 0.1) is 18.3 Å². The van der Waals surface area contributed by atoms with Crippen LogP contribution in [0.3, 0.4) is 0 Å². The zero-order chi connectivity index (χ0) is 12.9. The smallest absolute Gasteiger partial charge is 0.410 e. The second-order valence-electron chi connectivity index (χ2n) is 4.57. The van der Waals surface area contributed by atoms with E-state index in [1.165, 1.54) is 16.2 Å². The first-order valence-corrected chi connectivity index (χ1v) is 6.22. The Morgan fingerprint density at radius 3 is 2.76 bits per heavy atom. The van der Waals surface area contributed by atoms with E-state index in [1.54, 1.807) is 18.8 Å². The van der Waals surface area contributed by atoms with Gasteiger partial charge in [-0.2, -0.15) is 0 Å². The van der Waals surface area contributed by atoms with E-state index in [-0.39, 0.29) is 6.09 Å². The minimum atomic E-state index is -0.468. The summed E-state index contributed by atoms with van der Waals surface area (Å²) >= 11 is 1.42. The van der Waals surface area contributed by atoms with Gasteiger partial charge >= 0.3 is 6.09 Å². The molecular formula is C11H18N2O3S. The molecule has 6 heteroatoms. The Hall–Kier alpha value is -1.30. The molecule has 0 spiro atoms. The molecule has 0 aliphatic rings. The Morgan fingerprint density at radius 2 is 2.24 bits per heavy atom. The van der Waals surface area contributed by atoms with Gasteiger partial charge in [-0.1, -0.05) is 11.3 Å². The van der Waals surface area contributed by atoms with Gasteiger partial charge < -0.3 is 14.4 Å². The van der Waals surface area contributed by atoms with Crippen molar-refractivity contribution in [3.8, 4) is 5.06 Å². The molecule has 0 N–H and O–H groups in total. The molecule has 1 heterocycles. The summed E-state index contributed by atoms with van der Waals surface area (Å²) in [5.41, 5.74) is 1.23. The van der Waals surface area contributed by atoms with Crippen LogP contribution in [-0.2, 0) is 4.74 Å². The number of aromatic nitrogens is 1. The molecule has 0 fully saturated rings. The van der Waals surface area contributed by atoms with E-state index in [9.17, 15) is 4.79 Å². The van der Waals surface area contributed by atoms with Crippen LogP contribution in [0.5, 0.6) is 5.06 Å². The van der Waals surface area contributed by atoms with Gasteiger partial charge in [0, 0.05) is 7.05 Å². The minimum Gasteiger partial charge on any atom is -0.481 e. The predicted octanol–water partition coefficient (Wildman–Crippen LogP) is 2.39. The van der Waals surface area contributed by atoms with E-state index >= 15 is 0 Å². The molecule has 1 aromatic rings. The third-order valence-electron chi connectivity index (χ3n) is 1.79. The Labute approximate surface area is 105 Å². The summed E-state index contributed by atoms with van der Waals surface area (Å²) in [6.07, 6.45) is 1.31. The molecule has 0 radical (unpaired) electrons. The van der Waals surface area contributed by atoms with Crippen LogP contribution in [0.25, 0.3) is 0 Å². The summed E-state index contributed by atoms with van der Waals surface area (Å²) < 4.78 is 10.6. The third kappa shape index (κ3) is 5.53. The number of amides is 1. The molecule has 0 saturated carbocycles. The number of rotatable bonds is 4. The van der Waals surface area contributed by atoms with E-state index in [1.807, 2.05) is 20.8 Å². The second kappa shape index (κ2) is 5.86. The number of thiazole rings is 1. The van der Waals surface area contributed by atoms with Gasteiger partial charge in [0.1, 0.15) is 12.2 Å². The SMILES string of the molecule is CN(CCOc1cncs1)C(=O)OC(C)(C)C. The summed E-state index contributed by atoms with van der Waals surface area (Å²) in [4.78, 5) is 17.0. The van der Waals surface area contributed by atoms with Gasteiger partial charge in [0.15, 0.2) is 5.06 Å². The number of carbonyl (C=O) groups excluding carboxylic acids is 1. The van der Waals surface area contributed by atoms with Crippen LogP contribution in [-0.4, -0.2) is 41.8 Å². The van der Waals surface area contributed by atoms with Crippen LogP contribution in [0.15, 0.2) is 11.7 Å². The third-order valence-corrected chi connectivity index (χ3v) is 2.47. The maximum atomic E-state index is 11.6. The van der Waals surface area contributed by atoms with Crippen LogP contribution in [0, 0.1) is 0 Å². The summed E-state index contributed by atoms with van der Waals surface area (Å²) in [5, 5.41) is 0.752. The van der Waals surface area contributed by atoms with Gasteiger partial charge in [-0.05, 0) is 20.8 Å². The highest BCUT2D eigenvalue weighted by Gasteiger charge is 2.19. The standard InChI is InChI=1S/C11H18N2O3S/c1-11(2,3)16-10(14)13(4)5-6-15-9-7-12-8-17-9/h7-8H,5-6H2,1-4H3. The minimum absolute atomic E-state index is 0.342. The highest BCUT2D eigenvalue weighted by Crippen LogP contribution is 2.15. The molecule has 0 bridgehead atoms. The highest BCUT2D eigenvalue weighted by molar-refractivity contribution is 7.11. The molecule has 1 aromatic heterocycles. The van der Waals surface area contributed by atoms with Crippen molar-refractivity contribution in [3.63, 3.8) is 0 Å². The van der Waals surface area contributed by atoms with Crippen LogP contribution in [0.2, 0.25) is 0 Å². The molecule has 1 amide bonds. The van der Waals surface area contributed by atoms with Crippen molar-refractivity contribution in [2.45, 2.75) is 26.4 Å². The first-order chi connectivity index (χ1) is 7.88. The van der Waals surface area contributed by atoms with Crippen LogP contribution >= 0.6 is 11.3 Å². The summed E-state index contributed by atoms with van der Waals surface area (Å²) in [6.45, 7) is 6.43. The largest absolute Gasteiger partial charge is 0.481 e. The topological polar surface area (TPSA) is 51.7 Å². The Balaban J connectivity index is 2.25. The second-order valence-corrected chi connectivity index (χ2v) is 5.42. The van der Waals surface area contributed by atoms with Crippen molar-refractivity contribution < 1.29 is 14.3 Å². The lowest BCUT2D eigenvalue weighted by molar-refractivity contribution is 0.0279. The highest BCUT2D eigenvalue weighted by atomic mass is 32.1. The fraction of sp³-hybridized carbons (Fsp3) is 0.636. The molecule has 0 saturated heterocycles. The maximum Gasteiger partial charge on any atom is 0.410 e. The van der Waals surface area contributed by atoms with Gasteiger partial charge in [0.2, 0.25) is 0 Å². The van der Waals surface area contributed by atoms with Crippen molar-refractivity contribution in [2.24, 2.45) is 0 Å². The van der Waals surface area contributed by atoms with Crippen molar-refractivity contribution in [3.05, 3.63) is 11.7 Å². The Morgan fingerprint density at radius 1 is 1.53 bits per heavy atom. The summed E-state index contributed by atoms with van der Waals surface area (Å²) in [7, 11) is 1.68. The fourth-order valence-electron chi connectivity index (χ4n) is 0.990. The number of hydrogen-bond donors (Lipinski definition) is 0. The molecule has 0 unspecified atom stereocenters. The van der Waals surface area contributed by atoms with Gasteiger partial charge in [-0.25, -0.2) is 9.78 Å². The number of carbonyl (C=O) groups is 1. The van der Waals surface area contributed by atoms with Crippen LogP contribution in [0.1, 0.15) is 20.8 Å². The lowest BCUT2D eigenvalue weighted by Gasteiger charge is -2.24. The summed E-state index contributed by atoms with van der Waals surface area (Å²) in [5.74, 6) is 0. The number of nitrogens with zero attached hydrogens (tertiary/aromatic N) is 2. The van der Waals surface area contributed by atoms with E-state index in [2.05, 4.69) is 4.98 Å². The fourth-order valence-corrected chi connectivity index (χ4v) is 1.49. The quantitative estimate of drug-likeness (QED) is 0.832. The Bertz CT molecular complexity index is 346. The van der Waals surface area contributed by atoms with Crippen LogP contribution in [0.4, 0.5) is 4.79 Å². The van der Waals surface area contributed by atoms with E-state index in [0.717, 1.165) is 5.06 Å². The number of ether oxygens (including phenoxy) is 2. The van der Waals surface area contributed by atoms with Gasteiger partial charge in [0.25, 0.3) is 0 Å². The monoisotopic (exact) mass is 258 g/mol. The Kier molecular flexibility index (Phi) is 4.74. The first kappa shape index (κ1) is 13.8. The van der Waals surface area contributed by atoms with E-state index in [4.69, 9.17) is 9.47 Å². The zero-order valence-corrected chi connectivity index (χ0v) is 11.4. The molecule has 17 heavy (non-hydrogen) atoms.